The Labute approximate surface area is 101 Å². The van der Waals surface area contributed by atoms with Crippen molar-refractivity contribution in [3.05, 3.63) is 0 Å². The van der Waals surface area contributed by atoms with Gasteiger partial charge >= 0.3 is 12.0 Å². The van der Waals surface area contributed by atoms with Crippen LogP contribution in [0.25, 0.3) is 0 Å². The van der Waals surface area contributed by atoms with Gasteiger partial charge in [-0.25, -0.2) is 9.59 Å². The normalized spacial score (nSPS) is 26.4. The third kappa shape index (κ3) is 2.53. The van der Waals surface area contributed by atoms with Crippen LogP contribution in [-0.4, -0.2) is 40.6 Å². The largest absolute Gasteiger partial charge is 0.480 e. The number of hydrogen-bond donors (Lipinski definition) is 2. The van der Waals surface area contributed by atoms with Gasteiger partial charge in [0, 0.05) is 12.6 Å². The Hall–Kier alpha value is -1.26. The molecule has 0 aromatic heterocycles. The summed E-state index contributed by atoms with van der Waals surface area (Å²) in [4.78, 5) is 24.4. The van der Waals surface area contributed by atoms with Gasteiger partial charge in [0.25, 0.3) is 0 Å². The summed E-state index contributed by atoms with van der Waals surface area (Å²) in [6, 6.07) is -0.691. The molecule has 0 spiro atoms. The van der Waals surface area contributed by atoms with E-state index in [0.29, 0.717) is 18.9 Å². The van der Waals surface area contributed by atoms with Crippen LogP contribution in [-0.2, 0) is 4.79 Å². The average molecular weight is 240 g/mol. The van der Waals surface area contributed by atoms with Crippen molar-refractivity contribution in [2.24, 2.45) is 5.92 Å². The van der Waals surface area contributed by atoms with Gasteiger partial charge < -0.3 is 15.3 Å². The van der Waals surface area contributed by atoms with Crippen LogP contribution < -0.4 is 5.32 Å². The van der Waals surface area contributed by atoms with Crippen LogP contribution in [0.15, 0.2) is 0 Å². The van der Waals surface area contributed by atoms with Crippen molar-refractivity contribution >= 4 is 12.0 Å². The van der Waals surface area contributed by atoms with Crippen LogP contribution in [0.5, 0.6) is 0 Å². The lowest BCUT2D eigenvalue weighted by Crippen LogP contribution is -2.50. The summed E-state index contributed by atoms with van der Waals surface area (Å²) in [7, 11) is 0. The van der Waals surface area contributed by atoms with Crippen LogP contribution in [0.3, 0.4) is 0 Å². The number of carbonyl (C=O) groups is 2. The molecule has 0 bridgehead atoms. The minimum Gasteiger partial charge on any atom is -0.480 e. The minimum atomic E-state index is -0.894. The van der Waals surface area contributed by atoms with Gasteiger partial charge in [-0.15, -0.1) is 0 Å². The Morgan fingerprint density at radius 1 is 1.29 bits per heavy atom. The average Bonchev–Trinajstić information content (AvgIpc) is 2.62. The minimum absolute atomic E-state index is 0.159. The molecule has 2 N–H and O–H groups in total. The second-order valence-electron chi connectivity index (χ2n) is 5.12. The number of nitrogens with zero attached hydrogens (tertiary/aromatic N) is 1. The maximum atomic E-state index is 12.0. The zero-order chi connectivity index (χ0) is 12.4. The highest BCUT2D eigenvalue weighted by Crippen LogP contribution is 2.29. The maximum absolute atomic E-state index is 12.0. The van der Waals surface area contributed by atoms with Crippen LogP contribution in [0.1, 0.15) is 39.0 Å². The number of amides is 2. The molecule has 17 heavy (non-hydrogen) atoms. The lowest BCUT2D eigenvalue weighted by Gasteiger charge is -2.33. The van der Waals surface area contributed by atoms with Gasteiger partial charge in [0.15, 0.2) is 0 Å². The first-order chi connectivity index (χ1) is 8.09. The molecule has 0 radical (unpaired) electrons. The summed E-state index contributed by atoms with van der Waals surface area (Å²) in [6.07, 6.45) is 4.93. The highest BCUT2D eigenvalue weighted by Gasteiger charge is 2.35. The molecule has 5 heteroatoms. The van der Waals surface area contributed by atoms with E-state index in [1.54, 1.807) is 0 Å². The zero-order valence-corrected chi connectivity index (χ0v) is 10.2. The number of carbonyl (C=O) groups excluding carboxylic acids is 1. The van der Waals surface area contributed by atoms with Crippen molar-refractivity contribution in [1.82, 2.24) is 10.2 Å². The number of rotatable bonds is 3. The van der Waals surface area contributed by atoms with Crippen molar-refractivity contribution in [3.63, 3.8) is 0 Å². The summed E-state index contributed by atoms with van der Waals surface area (Å²) in [5, 5.41) is 11.9. The summed E-state index contributed by atoms with van der Waals surface area (Å²) in [5.41, 5.74) is 0. The molecule has 2 aliphatic rings. The van der Waals surface area contributed by atoms with Gasteiger partial charge in [0.1, 0.15) is 6.04 Å². The third-order valence-corrected chi connectivity index (χ3v) is 4.01. The maximum Gasteiger partial charge on any atom is 0.326 e. The van der Waals surface area contributed by atoms with Crippen LogP contribution in [0, 0.1) is 5.92 Å². The van der Waals surface area contributed by atoms with E-state index in [-0.39, 0.29) is 12.1 Å². The van der Waals surface area contributed by atoms with E-state index in [1.165, 1.54) is 24.2 Å². The third-order valence-electron chi connectivity index (χ3n) is 4.01. The van der Waals surface area contributed by atoms with Crippen molar-refractivity contribution in [2.75, 3.05) is 6.54 Å². The van der Waals surface area contributed by atoms with E-state index in [9.17, 15) is 9.59 Å². The van der Waals surface area contributed by atoms with E-state index in [0.717, 1.165) is 6.42 Å². The second kappa shape index (κ2) is 4.94. The number of carboxylic acids is 1. The molecule has 1 saturated carbocycles. The molecule has 1 saturated heterocycles. The molecule has 1 aliphatic heterocycles. The molecular weight excluding hydrogens is 220 g/mol. The fraction of sp³-hybridized carbons (Fsp3) is 0.833. The van der Waals surface area contributed by atoms with Gasteiger partial charge in [0.05, 0.1) is 0 Å². The van der Waals surface area contributed by atoms with Crippen LogP contribution in [0.4, 0.5) is 4.79 Å². The Kier molecular flexibility index (Phi) is 3.54. The number of hydrogen-bond acceptors (Lipinski definition) is 2. The molecule has 1 aliphatic carbocycles. The number of carboxylic acid groups (broad SMARTS) is 1. The van der Waals surface area contributed by atoms with Gasteiger partial charge in [-0.1, -0.05) is 6.42 Å². The van der Waals surface area contributed by atoms with Gasteiger partial charge in [-0.05, 0) is 38.5 Å². The first-order valence-corrected chi connectivity index (χ1v) is 6.39. The number of nitrogens with one attached hydrogen (secondary N) is 1. The van der Waals surface area contributed by atoms with Crippen molar-refractivity contribution < 1.29 is 14.7 Å². The SMILES string of the molecule is CC(NC(=O)N1CCC[C@@H]1C(=O)O)C1CCC1. The molecule has 96 valence electrons. The Morgan fingerprint density at radius 2 is 2.00 bits per heavy atom. The number of aliphatic carboxylic acids is 1. The lowest BCUT2D eigenvalue weighted by molar-refractivity contribution is -0.141. The highest BCUT2D eigenvalue weighted by molar-refractivity contribution is 5.83. The molecule has 0 aromatic rings. The molecule has 0 aromatic carbocycles. The van der Waals surface area contributed by atoms with E-state index in [1.807, 2.05) is 6.92 Å². The first-order valence-electron chi connectivity index (χ1n) is 6.39. The lowest BCUT2D eigenvalue weighted by atomic mass is 9.80. The molecule has 2 atom stereocenters. The standard InChI is InChI=1S/C12H20N2O3/c1-8(9-4-2-5-9)13-12(17)14-7-3-6-10(14)11(15)16/h8-10H,2-7H2,1H3,(H,13,17)(H,15,16)/t8?,10-/m1/s1. The highest BCUT2D eigenvalue weighted by atomic mass is 16.4. The van der Waals surface area contributed by atoms with E-state index >= 15 is 0 Å². The molecule has 2 amide bonds. The molecular formula is C12H20N2O3. The van der Waals surface area contributed by atoms with Gasteiger partial charge in [-0.2, -0.15) is 0 Å². The fourth-order valence-corrected chi connectivity index (χ4v) is 2.60. The summed E-state index contributed by atoms with van der Waals surface area (Å²) < 4.78 is 0. The summed E-state index contributed by atoms with van der Waals surface area (Å²) in [6.45, 7) is 2.56. The summed E-state index contributed by atoms with van der Waals surface area (Å²) >= 11 is 0. The van der Waals surface area contributed by atoms with Crippen molar-refractivity contribution in [2.45, 2.75) is 51.1 Å². The first kappa shape index (κ1) is 12.2. The van der Waals surface area contributed by atoms with E-state index in [2.05, 4.69) is 5.32 Å². The fourth-order valence-electron chi connectivity index (χ4n) is 2.60. The Morgan fingerprint density at radius 3 is 2.53 bits per heavy atom. The van der Waals surface area contributed by atoms with Gasteiger partial charge in [0.2, 0.25) is 0 Å². The Balaban J connectivity index is 1.88. The monoisotopic (exact) mass is 240 g/mol. The number of likely N-dealkylation sites (tertiary alicyclic amines) is 1. The van der Waals surface area contributed by atoms with E-state index < -0.39 is 12.0 Å². The van der Waals surface area contributed by atoms with Crippen LogP contribution in [0.2, 0.25) is 0 Å². The molecule has 1 unspecified atom stereocenters. The van der Waals surface area contributed by atoms with Crippen molar-refractivity contribution in [1.29, 1.82) is 0 Å². The Bertz CT molecular complexity index is 315. The summed E-state index contributed by atoms with van der Waals surface area (Å²) in [5.74, 6) is -0.321. The quantitative estimate of drug-likeness (QED) is 0.784. The molecule has 2 fully saturated rings. The van der Waals surface area contributed by atoms with E-state index in [4.69, 9.17) is 5.11 Å². The predicted molar refractivity (Wildman–Crippen MR) is 62.7 cm³/mol. The van der Waals surface area contributed by atoms with Gasteiger partial charge in [-0.3, -0.25) is 0 Å². The number of urea groups is 1. The molecule has 5 nitrogen and oxygen atoms in total. The zero-order valence-electron chi connectivity index (χ0n) is 10.2. The smallest absolute Gasteiger partial charge is 0.326 e. The van der Waals surface area contributed by atoms with Crippen LogP contribution >= 0.6 is 0 Å². The van der Waals surface area contributed by atoms with Crippen molar-refractivity contribution in [3.8, 4) is 0 Å². The molecule has 2 rings (SSSR count). The second-order valence-corrected chi connectivity index (χ2v) is 5.12. The topological polar surface area (TPSA) is 69.6 Å². The molecule has 1 heterocycles. The predicted octanol–water partition coefficient (Wildman–Crippen LogP) is 1.43.